The van der Waals surface area contributed by atoms with Crippen LogP contribution in [0.15, 0.2) is 31.0 Å². The highest BCUT2D eigenvalue weighted by atomic mass is 16.2. The zero-order valence-corrected chi connectivity index (χ0v) is 14.6. The number of rotatable bonds is 6. The zero-order chi connectivity index (χ0) is 17.5. The highest BCUT2D eigenvalue weighted by Gasteiger charge is 2.15. The minimum absolute atomic E-state index is 0.113. The van der Waals surface area contributed by atoms with Crippen LogP contribution in [0.1, 0.15) is 31.7 Å². The first-order valence-corrected chi connectivity index (χ1v) is 8.78. The fourth-order valence-electron chi connectivity index (χ4n) is 3.12. The molecule has 2 aromatic heterocycles. The maximum Gasteiger partial charge on any atom is 0.315 e. The van der Waals surface area contributed by atoms with Gasteiger partial charge in [-0.2, -0.15) is 5.10 Å². The molecule has 0 bridgehead atoms. The van der Waals surface area contributed by atoms with Gasteiger partial charge in [-0.05, 0) is 38.9 Å². The van der Waals surface area contributed by atoms with Crippen LogP contribution in [0.4, 0.5) is 4.79 Å². The van der Waals surface area contributed by atoms with Crippen molar-refractivity contribution in [3.05, 3.63) is 36.5 Å². The average molecular weight is 343 g/mol. The molecule has 0 saturated carbocycles. The Bertz CT molecular complexity index is 667. The molecule has 134 valence electrons. The Morgan fingerprint density at radius 1 is 1.32 bits per heavy atom. The van der Waals surface area contributed by atoms with Crippen LogP contribution in [-0.4, -0.2) is 56.4 Å². The smallest absolute Gasteiger partial charge is 0.315 e. The number of pyridine rings is 1. The predicted octanol–water partition coefficient (Wildman–Crippen LogP) is 1.34. The highest BCUT2D eigenvalue weighted by Crippen LogP contribution is 2.10. The molecule has 1 aliphatic heterocycles. The van der Waals surface area contributed by atoms with Gasteiger partial charge in [0.2, 0.25) is 0 Å². The monoisotopic (exact) mass is 343 g/mol. The van der Waals surface area contributed by atoms with Gasteiger partial charge < -0.3 is 15.5 Å². The maximum absolute atomic E-state index is 12.2. The number of nitrogens with zero attached hydrogens (tertiary/aromatic N) is 5. The van der Waals surface area contributed by atoms with E-state index in [1.54, 1.807) is 17.2 Å². The van der Waals surface area contributed by atoms with Crippen molar-refractivity contribution < 1.29 is 4.79 Å². The Morgan fingerprint density at radius 3 is 2.92 bits per heavy atom. The second kappa shape index (κ2) is 8.57. The number of hydrogen-bond acceptors (Lipinski definition) is 5. The molecule has 1 atom stereocenters. The lowest BCUT2D eigenvalue weighted by atomic mass is 10.1. The van der Waals surface area contributed by atoms with Crippen LogP contribution in [0.5, 0.6) is 0 Å². The van der Waals surface area contributed by atoms with Gasteiger partial charge in [0, 0.05) is 30.9 Å². The second-order valence-corrected chi connectivity index (χ2v) is 6.42. The Kier molecular flexibility index (Phi) is 5.95. The molecule has 8 nitrogen and oxygen atoms in total. The number of carbonyl (C=O) groups is 1. The van der Waals surface area contributed by atoms with Gasteiger partial charge >= 0.3 is 6.03 Å². The summed E-state index contributed by atoms with van der Waals surface area (Å²) < 4.78 is 1.59. The molecule has 2 N–H and O–H groups in total. The molecule has 0 radical (unpaired) electrons. The van der Waals surface area contributed by atoms with E-state index in [4.69, 9.17) is 0 Å². The SMILES string of the molecule is C[C@H](CN1CCCCC1)NC(=O)NCc1cccnc1-n1cncn1. The number of likely N-dealkylation sites (tertiary alicyclic amines) is 1. The molecular weight excluding hydrogens is 318 g/mol. The third kappa shape index (κ3) is 4.99. The molecule has 1 fully saturated rings. The molecule has 3 heterocycles. The van der Waals surface area contributed by atoms with Gasteiger partial charge in [-0.25, -0.2) is 19.4 Å². The Hall–Kier alpha value is -2.48. The van der Waals surface area contributed by atoms with Crippen molar-refractivity contribution in [3.8, 4) is 5.82 Å². The molecule has 0 aliphatic carbocycles. The second-order valence-electron chi connectivity index (χ2n) is 6.42. The Balaban J connectivity index is 1.49. The minimum Gasteiger partial charge on any atom is -0.334 e. The van der Waals surface area contributed by atoms with E-state index in [1.807, 2.05) is 19.1 Å². The minimum atomic E-state index is -0.169. The number of piperidine rings is 1. The molecule has 3 rings (SSSR count). The maximum atomic E-state index is 12.2. The summed E-state index contributed by atoms with van der Waals surface area (Å²) >= 11 is 0. The Labute approximate surface area is 147 Å². The van der Waals surface area contributed by atoms with Crippen LogP contribution >= 0.6 is 0 Å². The summed E-state index contributed by atoms with van der Waals surface area (Å²) in [7, 11) is 0. The molecule has 0 spiro atoms. The molecule has 2 aromatic rings. The van der Waals surface area contributed by atoms with Gasteiger partial charge in [0.1, 0.15) is 12.7 Å². The largest absolute Gasteiger partial charge is 0.334 e. The van der Waals surface area contributed by atoms with Crippen molar-refractivity contribution in [1.29, 1.82) is 0 Å². The van der Waals surface area contributed by atoms with Gasteiger partial charge in [0.15, 0.2) is 5.82 Å². The van der Waals surface area contributed by atoms with Crippen LogP contribution < -0.4 is 10.6 Å². The topological polar surface area (TPSA) is 88.0 Å². The Morgan fingerprint density at radius 2 is 2.16 bits per heavy atom. The standard InChI is InChI=1S/C17H25N7O/c1-14(11-23-8-3-2-4-9-23)22-17(25)20-10-15-6-5-7-19-16(15)24-13-18-12-21-24/h5-7,12-14H,2-4,8-11H2,1H3,(H2,20,22,25)/t14-/m1/s1. The molecule has 0 aromatic carbocycles. The lowest BCUT2D eigenvalue weighted by Gasteiger charge is -2.29. The summed E-state index contributed by atoms with van der Waals surface area (Å²) in [4.78, 5) is 22.8. The molecule has 25 heavy (non-hydrogen) atoms. The summed E-state index contributed by atoms with van der Waals surface area (Å²) in [5, 5.41) is 10.0. The summed E-state index contributed by atoms with van der Waals surface area (Å²) in [6, 6.07) is 3.70. The van der Waals surface area contributed by atoms with E-state index in [1.165, 1.54) is 25.6 Å². The summed E-state index contributed by atoms with van der Waals surface area (Å²) in [6.45, 7) is 5.57. The number of hydrogen-bond donors (Lipinski definition) is 2. The third-order valence-electron chi connectivity index (χ3n) is 4.30. The lowest BCUT2D eigenvalue weighted by molar-refractivity contribution is 0.203. The zero-order valence-electron chi connectivity index (χ0n) is 14.6. The van der Waals surface area contributed by atoms with Crippen LogP contribution in [0.25, 0.3) is 5.82 Å². The van der Waals surface area contributed by atoms with Crippen molar-refractivity contribution in [2.75, 3.05) is 19.6 Å². The van der Waals surface area contributed by atoms with E-state index in [0.717, 1.165) is 25.2 Å². The van der Waals surface area contributed by atoms with Crippen LogP contribution in [0, 0.1) is 0 Å². The van der Waals surface area contributed by atoms with Gasteiger partial charge in [0.25, 0.3) is 0 Å². The quantitative estimate of drug-likeness (QED) is 0.826. The van der Waals surface area contributed by atoms with Gasteiger partial charge in [-0.15, -0.1) is 0 Å². The van der Waals surface area contributed by atoms with Crippen LogP contribution in [0.2, 0.25) is 0 Å². The van der Waals surface area contributed by atoms with Crippen molar-refractivity contribution in [1.82, 2.24) is 35.3 Å². The van der Waals surface area contributed by atoms with Crippen LogP contribution in [-0.2, 0) is 6.54 Å². The molecular formula is C17H25N7O. The van der Waals surface area contributed by atoms with E-state index in [9.17, 15) is 4.79 Å². The molecule has 0 unspecified atom stereocenters. The number of urea groups is 1. The number of amides is 2. The fourth-order valence-corrected chi connectivity index (χ4v) is 3.12. The number of nitrogens with one attached hydrogen (secondary N) is 2. The molecule has 1 saturated heterocycles. The van der Waals surface area contributed by atoms with Gasteiger partial charge in [-0.3, -0.25) is 0 Å². The van der Waals surface area contributed by atoms with Gasteiger partial charge in [0.05, 0.1) is 0 Å². The first-order valence-electron chi connectivity index (χ1n) is 8.78. The first-order chi connectivity index (χ1) is 12.2. The van der Waals surface area contributed by atoms with Crippen molar-refractivity contribution >= 4 is 6.03 Å². The normalized spacial score (nSPS) is 16.4. The summed E-state index contributed by atoms with van der Waals surface area (Å²) in [5.41, 5.74) is 0.881. The predicted molar refractivity (Wildman–Crippen MR) is 94.3 cm³/mol. The summed E-state index contributed by atoms with van der Waals surface area (Å²) in [6.07, 6.45) is 8.57. The highest BCUT2D eigenvalue weighted by molar-refractivity contribution is 5.74. The summed E-state index contributed by atoms with van der Waals surface area (Å²) in [5.74, 6) is 0.668. The van der Waals surface area contributed by atoms with E-state index in [-0.39, 0.29) is 12.1 Å². The average Bonchev–Trinajstić information content (AvgIpc) is 3.15. The molecule has 1 aliphatic rings. The van der Waals surface area contributed by atoms with E-state index >= 15 is 0 Å². The van der Waals surface area contributed by atoms with Crippen molar-refractivity contribution in [2.45, 2.75) is 38.8 Å². The van der Waals surface area contributed by atoms with Crippen molar-refractivity contribution in [2.24, 2.45) is 0 Å². The van der Waals surface area contributed by atoms with Gasteiger partial charge in [-0.1, -0.05) is 12.5 Å². The number of aromatic nitrogens is 4. The van der Waals surface area contributed by atoms with Crippen LogP contribution in [0.3, 0.4) is 0 Å². The molecule has 8 heteroatoms. The fraction of sp³-hybridized carbons (Fsp3) is 0.529. The van der Waals surface area contributed by atoms with E-state index in [0.29, 0.717) is 12.4 Å². The van der Waals surface area contributed by atoms with E-state index in [2.05, 4.69) is 30.6 Å². The molecule has 2 amide bonds. The number of carbonyl (C=O) groups excluding carboxylic acids is 1. The third-order valence-corrected chi connectivity index (χ3v) is 4.30. The van der Waals surface area contributed by atoms with Crippen molar-refractivity contribution in [3.63, 3.8) is 0 Å². The lowest BCUT2D eigenvalue weighted by Crippen LogP contribution is -2.47. The first kappa shape index (κ1) is 17.3. The van der Waals surface area contributed by atoms with E-state index < -0.39 is 0 Å².